The van der Waals surface area contributed by atoms with Crippen LogP contribution >= 0.6 is 0 Å². The molecule has 1 amide bonds. The standard InChI is InChI=1S/C20H22F3N3O2/c1-3-28-11-13-5-4-6-15(9-13)26-19(27)14-7-8-17-16(10-14)18(20(21,22)23)25-12(2)24-17/h4-6,9,14H,3,7-8,10-11H2,1-2H3,(H,26,27)/t14-/m1/s1. The zero-order chi connectivity index (χ0) is 20.3. The van der Waals surface area contributed by atoms with Gasteiger partial charge in [0.1, 0.15) is 5.82 Å². The highest BCUT2D eigenvalue weighted by Crippen LogP contribution is 2.36. The molecule has 0 bridgehead atoms. The minimum Gasteiger partial charge on any atom is -0.377 e. The summed E-state index contributed by atoms with van der Waals surface area (Å²) >= 11 is 0. The van der Waals surface area contributed by atoms with E-state index in [1.165, 1.54) is 6.92 Å². The number of hydrogen-bond acceptors (Lipinski definition) is 4. The number of halogens is 3. The maximum Gasteiger partial charge on any atom is 0.433 e. The molecule has 0 unspecified atom stereocenters. The van der Waals surface area contributed by atoms with Crippen molar-refractivity contribution in [3.8, 4) is 0 Å². The molecule has 0 fully saturated rings. The van der Waals surface area contributed by atoms with Crippen molar-refractivity contribution < 1.29 is 22.7 Å². The maximum atomic E-state index is 13.4. The first-order valence-electron chi connectivity index (χ1n) is 9.19. The fourth-order valence-electron chi connectivity index (χ4n) is 3.40. The zero-order valence-electron chi connectivity index (χ0n) is 15.8. The fourth-order valence-corrected chi connectivity index (χ4v) is 3.40. The summed E-state index contributed by atoms with van der Waals surface area (Å²) in [6.07, 6.45) is -3.81. The molecule has 0 aliphatic heterocycles. The average molecular weight is 393 g/mol. The van der Waals surface area contributed by atoms with E-state index in [2.05, 4.69) is 15.3 Å². The van der Waals surface area contributed by atoms with Gasteiger partial charge in [-0.25, -0.2) is 9.97 Å². The van der Waals surface area contributed by atoms with E-state index in [-0.39, 0.29) is 23.7 Å². The Morgan fingerprint density at radius 1 is 1.32 bits per heavy atom. The molecule has 0 radical (unpaired) electrons. The highest BCUT2D eigenvalue weighted by atomic mass is 19.4. The quantitative estimate of drug-likeness (QED) is 0.831. The lowest BCUT2D eigenvalue weighted by molar-refractivity contribution is -0.142. The van der Waals surface area contributed by atoms with Crippen molar-refractivity contribution in [3.05, 3.63) is 52.6 Å². The first-order chi connectivity index (χ1) is 13.3. The Hall–Kier alpha value is -2.48. The van der Waals surface area contributed by atoms with Crippen LogP contribution in [0.4, 0.5) is 18.9 Å². The average Bonchev–Trinajstić information content (AvgIpc) is 2.64. The van der Waals surface area contributed by atoms with Crippen molar-refractivity contribution in [2.24, 2.45) is 5.92 Å². The lowest BCUT2D eigenvalue weighted by Crippen LogP contribution is -2.31. The second-order valence-corrected chi connectivity index (χ2v) is 6.81. The van der Waals surface area contributed by atoms with Crippen molar-refractivity contribution in [3.63, 3.8) is 0 Å². The smallest absolute Gasteiger partial charge is 0.377 e. The molecule has 1 aliphatic carbocycles. The highest BCUT2D eigenvalue weighted by molar-refractivity contribution is 5.93. The van der Waals surface area contributed by atoms with Crippen LogP contribution in [-0.4, -0.2) is 22.5 Å². The van der Waals surface area contributed by atoms with Gasteiger partial charge >= 0.3 is 6.18 Å². The summed E-state index contributed by atoms with van der Waals surface area (Å²) < 4.78 is 45.5. The molecule has 0 saturated heterocycles. The fraction of sp³-hybridized carbons (Fsp3) is 0.450. The molecule has 1 heterocycles. The van der Waals surface area contributed by atoms with Gasteiger partial charge in [-0.2, -0.15) is 13.2 Å². The van der Waals surface area contributed by atoms with Gasteiger partial charge in [0.15, 0.2) is 5.69 Å². The van der Waals surface area contributed by atoms with E-state index in [1.807, 2.05) is 13.0 Å². The van der Waals surface area contributed by atoms with Crippen LogP contribution in [0.2, 0.25) is 0 Å². The largest absolute Gasteiger partial charge is 0.433 e. The van der Waals surface area contributed by atoms with Crippen LogP contribution in [-0.2, 0) is 35.2 Å². The van der Waals surface area contributed by atoms with Gasteiger partial charge in [-0.1, -0.05) is 12.1 Å². The second-order valence-electron chi connectivity index (χ2n) is 6.81. The van der Waals surface area contributed by atoms with Crippen LogP contribution in [0.5, 0.6) is 0 Å². The van der Waals surface area contributed by atoms with Gasteiger partial charge in [0, 0.05) is 29.5 Å². The molecule has 150 valence electrons. The number of fused-ring (bicyclic) bond motifs is 1. The minimum absolute atomic E-state index is 0.0189. The van der Waals surface area contributed by atoms with Crippen LogP contribution in [0.3, 0.4) is 0 Å². The molecule has 1 atom stereocenters. The second kappa shape index (κ2) is 8.26. The third-order valence-corrected chi connectivity index (χ3v) is 4.69. The number of anilines is 1. The molecule has 1 aromatic carbocycles. The molecular weight excluding hydrogens is 371 g/mol. The number of nitrogens with zero attached hydrogens (tertiary/aromatic N) is 2. The van der Waals surface area contributed by atoms with E-state index in [9.17, 15) is 18.0 Å². The number of aromatic nitrogens is 2. The highest BCUT2D eigenvalue weighted by Gasteiger charge is 2.39. The lowest BCUT2D eigenvalue weighted by Gasteiger charge is -2.25. The van der Waals surface area contributed by atoms with Crippen LogP contribution in [0.1, 0.15) is 41.7 Å². The SMILES string of the molecule is CCOCc1cccc(NC(=O)[C@@H]2CCc3nc(C)nc(C(F)(F)F)c3C2)c1. The number of benzene rings is 1. The third kappa shape index (κ3) is 4.67. The van der Waals surface area contributed by atoms with E-state index in [4.69, 9.17) is 4.74 Å². The van der Waals surface area contributed by atoms with E-state index >= 15 is 0 Å². The summed E-state index contributed by atoms with van der Waals surface area (Å²) in [5.74, 6) is -0.761. The number of aryl methyl sites for hydroxylation is 2. The number of alkyl halides is 3. The molecule has 1 aliphatic rings. The van der Waals surface area contributed by atoms with Crippen molar-refractivity contribution >= 4 is 11.6 Å². The zero-order valence-corrected chi connectivity index (χ0v) is 15.8. The Morgan fingerprint density at radius 2 is 2.11 bits per heavy atom. The molecule has 2 aromatic rings. The molecule has 0 saturated carbocycles. The summed E-state index contributed by atoms with van der Waals surface area (Å²) in [7, 11) is 0. The molecule has 1 N–H and O–H groups in total. The molecular formula is C20H22F3N3O2. The van der Waals surface area contributed by atoms with E-state index in [0.29, 0.717) is 37.4 Å². The van der Waals surface area contributed by atoms with Gasteiger partial charge in [0.25, 0.3) is 0 Å². The number of ether oxygens (including phenoxy) is 1. The molecule has 8 heteroatoms. The first-order valence-corrected chi connectivity index (χ1v) is 9.19. The normalized spacial score (nSPS) is 16.5. The van der Waals surface area contributed by atoms with Gasteiger partial charge in [0.2, 0.25) is 5.91 Å². The molecule has 0 spiro atoms. The van der Waals surface area contributed by atoms with E-state index in [1.54, 1.807) is 18.2 Å². The van der Waals surface area contributed by atoms with Crippen LogP contribution in [0.15, 0.2) is 24.3 Å². The Kier molecular flexibility index (Phi) is 5.98. The monoisotopic (exact) mass is 393 g/mol. The van der Waals surface area contributed by atoms with Gasteiger partial charge in [-0.05, 0) is 50.8 Å². The van der Waals surface area contributed by atoms with Gasteiger partial charge in [-0.3, -0.25) is 4.79 Å². The van der Waals surface area contributed by atoms with Crippen molar-refractivity contribution in [2.45, 2.75) is 45.9 Å². The summed E-state index contributed by atoms with van der Waals surface area (Å²) in [5, 5.41) is 2.81. The Morgan fingerprint density at radius 3 is 2.82 bits per heavy atom. The van der Waals surface area contributed by atoms with Crippen LogP contribution < -0.4 is 5.32 Å². The van der Waals surface area contributed by atoms with Crippen LogP contribution in [0, 0.1) is 12.8 Å². The van der Waals surface area contributed by atoms with Gasteiger partial charge in [0.05, 0.1) is 6.61 Å². The van der Waals surface area contributed by atoms with Crippen molar-refractivity contribution in [1.29, 1.82) is 0 Å². The molecule has 3 rings (SSSR count). The first kappa shape index (κ1) is 20.3. The Bertz CT molecular complexity index is 868. The number of amides is 1. The molecule has 5 nitrogen and oxygen atoms in total. The van der Waals surface area contributed by atoms with Crippen molar-refractivity contribution in [2.75, 3.05) is 11.9 Å². The third-order valence-electron chi connectivity index (χ3n) is 4.69. The summed E-state index contributed by atoms with van der Waals surface area (Å²) in [6.45, 7) is 4.36. The predicted molar refractivity (Wildman–Crippen MR) is 97.7 cm³/mol. The summed E-state index contributed by atoms with van der Waals surface area (Å²) in [4.78, 5) is 20.4. The van der Waals surface area contributed by atoms with Crippen LogP contribution in [0.25, 0.3) is 0 Å². The predicted octanol–water partition coefficient (Wildman–Crippen LogP) is 4.08. The number of hydrogen-bond donors (Lipinski definition) is 1. The Labute approximate surface area is 161 Å². The number of rotatable bonds is 5. The van der Waals surface area contributed by atoms with Crippen molar-refractivity contribution in [1.82, 2.24) is 9.97 Å². The number of carbonyl (C=O) groups is 1. The van der Waals surface area contributed by atoms with E-state index < -0.39 is 17.8 Å². The summed E-state index contributed by atoms with van der Waals surface area (Å²) in [6, 6.07) is 7.24. The topological polar surface area (TPSA) is 64.1 Å². The summed E-state index contributed by atoms with van der Waals surface area (Å²) in [5.41, 5.74) is 1.02. The Balaban J connectivity index is 1.76. The maximum absolute atomic E-state index is 13.4. The lowest BCUT2D eigenvalue weighted by atomic mass is 9.85. The van der Waals surface area contributed by atoms with Gasteiger partial charge < -0.3 is 10.1 Å². The minimum atomic E-state index is -4.57. The number of carbonyl (C=O) groups excluding carboxylic acids is 1. The van der Waals surface area contributed by atoms with E-state index in [0.717, 1.165) is 5.56 Å². The molecule has 1 aromatic heterocycles. The number of nitrogens with one attached hydrogen (secondary N) is 1. The van der Waals surface area contributed by atoms with Gasteiger partial charge in [-0.15, -0.1) is 0 Å². The molecule has 28 heavy (non-hydrogen) atoms.